The molecule has 0 saturated heterocycles. The van der Waals surface area contributed by atoms with Crippen LogP contribution in [0.3, 0.4) is 0 Å². The standard InChI is InChI=1S/C7H11N3O2/c1-2-10-4-3-6(7(10)8)9-12-5-11/h3-5,9H,2,8H2,1H3. The quantitative estimate of drug-likeness (QED) is 0.511. The summed E-state index contributed by atoms with van der Waals surface area (Å²) in [5.41, 5.74) is 8.66. The molecule has 1 rings (SSSR count). The second-order valence-corrected chi connectivity index (χ2v) is 2.22. The fourth-order valence-electron chi connectivity index (χ4n) is 0.935. The van der Waals surface area contributed by atoms with Crippen LogP contribution >= 0.6 is 0 Å². The number of hydrogen-bond donors (Lipinski definition) is 2. The summed E-state index contributed by atoms with van der Waals surface area (Å²) in [5.74, 6) is 0.555. The predicted octanol–water partition coefficient (Wildman–Crippen LogP) is 0.590. The summed E-state index contributed by atoms with van der Waals surface area (Å²) in [4.78, 5) is 14.2. The number of nitrogens with one attached hydrogen (secondary N) is 1. The molecule has 5 nitrogen and oxygen atoms in total. The number of rotatable bonds is 4. The van der Waals surface area contributed by atoms with Crippen LogP contribution in [-0.2, 0) is 16.2 Å². The number of aromatic nitrogens is 1. The minimum absolute atomic E-state index is 0.308. The van der Waals surface area contributed by atoms with Crippen LogP contribution in [0.4, 0.5) is 11.5 Å². The molecule has 0 fully saturated rings. The largest absolute Gasteiger partial charge is 0.383 e. The van der Waals surface area contributed by atoms with E-state index in [-0.39, 0.29) is 0 Å². The zero-order valence-corrected chi connectivity index (χ0v) is 6.78. The Hall–Kier alpha value is -1.65. The maximum Gasteiger partial charge on any atom is 0.320 e. The summed E-state index contributed by atoms with van der Waals surface area (Å²) in [7, 11) is 0. The van der Waals surface area contributed by atoms with Gasteiger partial charge in [0.1, 0.15) is 11.5 Å². The first-order valence-electron chi connectivity index (χ1n) is 3.59. The molecule has 0 aliphatic rings. The van der Waals surface area contributed by atoms with Crippen molar-refractivity contribution in [3.8, 4) is 0 Å². The molecule has 0 aliphatic carbocycles. The second-order valence-electron chi connectivity index (χ2n) is 2.22. The van der Waals surface area contributed by atoms with Crippen LogP contribution in [0.15, 0.2) is 12.3 Å². The van der Waals surface area contributed by atoms with Crippen molar-refractivity contribution in [3.63, 3.8) is 0 Å². The number of carbonyl (C=O) groups is 1. The Bertz CT molecular complexity index is 270. The second kappa shape index (κ2) is 3.66. The number of hydrogen-bond acceptors (Lipinski definition) is 4. The molecule has 0 aliphatic heterocycles. The van der Waals surface area contributed by atoms with Crippen LogP contribution in [0.25, 0.3) is 0 Å². The predicted molar refractivity (Wildman–Crippen MR) is 45.3 cm³/mol. The van der Waals surface area contributed by atoms with Crippen LogP contribution in [0.2, 0.25) is 0 Å². The summed E-state index contributed by atoms with van der Waals surface area (Å²) in [6.07, 6.45) is 1.81. The number of nitrogens with two attached hydrogens (primary N) is 1. The highest BCUT2D eigenvalue weighted by Crippen LogP contribution is 2.18. The molecular formula is C7H11N3O2. The highest BCUT2D eigenvalue weighted by molar-refractivity contribution is 5.62. The van der Waals surface area contributed by atoms with Gasteiger partial charge in [0.2, 0.25) is 0 Å². The van der Waals surface area contributed by atoms with Gasteiger partial charge in [0.25, 0.3) is 0 Å². The molecule has 0 saturated carbocycles. The van der Waals surface area contributed by atoms with E-state index in [1.807, 2.05) is 17.7 Å². The van der Waals surface area contributed by atoms with Crippen molar-refractivity contribution in [3.05, 3.63) is 12.3 Å². The van der Waals surface area contributed by atoms with Gasteiger partial charge in [-0.3, -0.25) is 4.79 Å². The highest BCUT2D eigenvalue weighted by Gasteiger charge is 2.02. The zero-order valence-electron chi connectivity index (χ0n) is 6.78. The summed E-state index contributed by atoms with van der Waals surface area (Å²) >= 11 is 0. The molecule has 0 spiro atoms. The van der Waals surface area contributed by atoms with Crippen molar-refractivity contribution in [2.75, 3.05) is 11.2 Å². The van der Waals surface area contributed by atoms with Crippen LogP contribution in [0, 0.1) is 0 Å². The van der Waals surface area contributed by atoms with E-state index < -0.39 is 0 Å². The lowest BCUT2D eigenvalue weighted by molar-refractivity contribution is -0.126. The molecule has 0 radical (unpaired) electrons. The van der Waals surface area contributed by atoms with E-state index in [0.29, 0.717) is 18.0 Å². The van der Waals surface area contributed by atoms with Crippen molar-refractivity contribution in [1.82, 2.24) is 4.57 Å². The molecule has 1 heterocycles. The van der Waals surface area contributed by atoms with Crippen molar-refractivity contribution >= 4 is 18.0 Å². The average Bonchev–Trinajstić information content (AvgIpc) is 2.43. The maximum atomic E-state index is 9.83. The van der Waals surface area contributed by atoms with Crippen molar-refractivity contribution in [2.24, 2.45) is 0 Å². The van der Waals surface area contributed by atoms with Gasteiger partial charge in [-0.2, -0.15) is 0 Å². The third kappa shape index (κ3) is 1.50. The molecule has 0 unspecified atom stereocenters. The van der Waals surface area contributed by atoms with Crippen LogP contribution in [0.5, 0.6) is 0 Å². The molecular weight excluding hydrogens is 158 g/mol. The van der Waals surface area contributed by atoms with Gasteiger partial charge >= 0.3 is 6.47 Å². The molecule has 66 valence electrons. The van der Waals surface area contributed by atoms with Crippen LogP contribution in [-0.4, -0.2) is 11.0 Å². The fourth-order valence-corrected chi connectivity index (χ4v) is 0.935. The Morgan fingerprint density at radius 1 is 1.83 bits per heavy atom. The summed E-state index contributed by atoms with van der Waals surface area (Å²) < 4.78 is 1.83. The smallest absolute Gasteiger partial charge is 0.320 e. The lowest BCUT2D eigenvalue weighted by Crippen LogP contribution is -2.04. The Morgan fingerprint density at radius 3 is 3.08 bits per heavy atom. The van der Waals surface area contributed by atoms with Gasteiger partial charge in [0.05, 0.1) is 0 Å². The zero-order chi connectivity index (χ0) is 8.97. The number of aryl methyl sites for hydroxylation is 1. The SMILES string of the molecule is CCn1ccc(NOC=O)c1N. The van der Waals surface area contributed by atoms with Gasteiger partial charge < -0.3 is 15.1 Å². The van der Waals surface area contributed by atoms with E-state index in [9.17, 15) is 4.79 Å². The molecule has 0 atom stereocenters. The highest BCUT2D eigenvalue weighted by atomic mass is 16.7. The van der Waals surface area contributed by atoms with E-state index in [0.717, 1.165) is 6.54 Å². The molecule has 1 aromatic heterocycles. The molecule has 1 aromatic rings. The monoisotopic (exact) mass is 169 g/mol. The Balaban J connectivity index is 2.72. The van der Waals surface area contributed by atoms with Gasteiger partial charge in [-0.05, 0) is 13.0 Å². The fraction of sp³-hybridized carbons (Fsp3) is 0.286. The van der Waals surface area contributed by atoms with Crippen molar-refractivity contribution in [1.29, 1.82) is 0 Å². The first-order valence-corrected chi connectivity index (χ1v) is 3.59. The number of nitrogens with zero attached hydrogens (tertiary/aromatic N) is 1. The number of nitrogen functional groups attached to an aromatic ring is 1. The third-order valence-electron chi connectivity index (χ3n) is 1.56. The topological polar surface area (TPSA) is 69.3 Å². The normalized spacial score (nSPS) is 9.42. The minimum Gasteiger partial charge on any atom is -0.383 e. The van der Waals surface area contributed by atoms with Crippen LogP contribution in [0.1, 0.15) is 6.92 Å². The van der Waals surface area contributed by atoms with Crippen molar-refractivity contribution in [2.45, 2.75) is 13.5 Å². The Labute approximate surface area is 70.1 Å². The maximum absolute atomic E-state index is 9.83. The van der Waals surface area contributed by atoms with Gasteiger partial charge in [0.15, 0.2) is 0 Å². The Kier molecular flexibility index (Phi) is 2.57. The third-order valence-corrected chi connectivity index (χ3v) is 1.56. The van der Waals surface area contributed by atoms with E-state index in [2.05, 4.69) is 10.3 Å². The van der Waals surface area contributed by atoms with E-state index in [1.165, 1.54) is 0 Å². The van der Waals surface area contributed by atoms with E-state index in [4.69, 9.17) is 5.73 Å². The minimum atomic E-state index is 0.308. The molecule has 0 bridgehead atoms. The van der Waals surface area contributed by atoms with Gasteiger partial charge in [-0.15, -0.1) is 0 Å². The van der Waals surface area contributed by atoms with Gasteiger partial charge in [-0.25, -0.2) is 5.48 Å². The summed E-state index contributed by atoms with van der Waals surface area (Å²) in [6.45, 7) is 3.07. The number of carbonyl (C=O) groups excluding carboxylic acids is 1. The Morgan fingerprint density at radius 2 is 2.58 bits per heavy atom. The molecule has 5 heteroatoms. The van der Waals surface area contributed by atoms with Gasteiger partial charge in [-0.1, -0.05) is 0 Å². The number of anilines is 2. The van der Waals surface area contributed by atoms with E-state index >= 15 is 0 Å². The molecule has 0 aromatic carbocycles. The average molecular weight is 169 g/mol. The van der Waals surface area contributed by atoms with E-state index in [1.54, 1.807) is 6.07 Å². The molecule has 0 amide bonds. The molecule has 12 heavy (non-hydrogen) atoms. The van der Waals surface area contributed by atoms with Crippen molar-refractivity contribution < 1.29 is 9.63 Å². The first kappa shape index (κ1) is 8.45. The van der Waals surface area contributed by atoms with Gasteiger partial charge in [0, 0.05) is 12.7 Å². The molecule has 3 N–H and O–H groups in total. The summed E-state index contributed by atoms with van der Waals surface area (Å²) in [5, 5.41) is 0. The lowest BCUT2D eigenvalue weighted by Gasteiger charge is -2.03. The lowest BCUT2D eigenvalue weighted by atomic mass is 10.5. The first-order chi connectivity index (χ1) is 5.79. The summed E-state index contributed by atoms with van der Waals surface area (Å²) in [6, 6.07) is 1.74. The van der Waals surface area contributed by atoms with Crippen LogP contribution < -0.4 is 11.2 Å².